The number of aromatic nitrogens is 1. The number of benzene rings is 1. The van der Waals surface area contributed by atoms with Gasteiger partial charge in [0.05, 0.1) is 12.1 Å². The topological polar surface area (TPSA) is 51.0 Å². The summed E-state index contributed by atoms with van der Waals surface area (Å²) in [5, 5.41) is 1.71. The molecule has 0 radical (unpaired) electrons. The molecule has 0 fully saturated rings. The van der Waals surface area contributed by atoms with Crippen LogP contribution in [0.2, 0.25) is 5.02 Å². The summed E-state index contributed by atoms with van der Waals surface area (Å²) in [7, 11) is 1.61. The van der Waals surface area contributed by atoms with Gasteiger partial charge >= 0.3 is 0 Å². The SMILES string of the molecule is COc1cc2c(C)c(C(C)N)[nH]c2cc1Cl. The maximum atomic E-state index is 6.07. The van der Waals surface area contributed by atoms with E-state index >= 15 is 0 Å². The van der Waals surface area contributed by atoms with E-state index in [0.717, 1.165) is 22.2 Å². The van der Waals surface area contributed by atoms with Gasteiger partial charge in [-0.15, -0.1) is 0 Å². The van der Waals surface area contributed by atoms with E-state index in [1.807, 2.05) is 26.0 Å². The van der Waals surface area contributed by atoms with Gasteiger partial charge in [0.1, 0.15) is 5.75 Å². The number of aryl methyl sites for hydroxylation is 1. The van der Waals surface area contributed by atoms with Gasteiger partial charge in [-0.2, -0.15) is 0 Å². The molecule has 1 aromatic carbocycles. The highest BCUT2D eigenvalue weighted by Gasteiger charge is 2.13. The highest BCUT2D eigenvalue weighted by molar-refractivity contribution is 6.32. The third-order valence-corrected chi connectivity index (χ3v) is 3.12. The minimum absolute atomic E-state index is 0.0165. The van der Waals surface area contributed by atoms with Crippen LogP contribution in [0.5, 0.6) is 5.75 Å². The van der Waals surface area contributed by atoms with Crippen molar-refractivity contribution in [3.05, 3.63) is 28.4 Å². The Bertz CT molecular complexity index is 531. The number of aromatic amines is 1. The lowest BCUT2D eigenvalue weighted by atomic mass is 10.1. The Morgan fingerprint density at radius 3 is 2.69 bits per heavy atom. The second-order valence-electron chi connectivity index (χ2n) is 3.98. The van der Waals surface area contributed by atoms with Crippen LogP contribution >= 0.6 is 11.6 Å². The fourth-order valence-corrected chi connectivity index (χ4v) is 2.20. The summed E-state index contributed by atoms with van der Waals surface area (Å²) in [6, 6.07) is 3.79. The Balaban J connectivity index is 2.72. The first-order chi connectivity index (χ1) is 7.54. The van der Waals surface area contributed by atoms with Gasteiger partial charge in [0, 0.05) is 22.6 Å². The highest BCUT2D eigenvalue weighted by Crippen LogP contribution is 2.33. The predicted octanol–water partition coefficient (Wildman–Crippen LogP) is 3.16. The molecule has 86 valence electrons. The summed E-state index contributed by atoms with van der Waals surface area (Å²) in [4.78, 5) is 3.29. The average molecular weight is 239 g/mol. The summed E-state index contributed by atoms with van der Waals surface area (Å²) in [6.45, 7) is 4.00. The number of H-pyrrole nitrogens is 1. The maximum Gasteiger partial charge on any atom is 0.138 e. The van der Waals surface area contributed by atoms with E-state index in [4.69, 9.17) is 22.1 Å². The van der Waals surface area contributed by atoms with Gasteiger partial charge in [-0.3, -0.25) is 0 Å². The molecule has 3 N–H and O–H groups in total. The zero-order valence-corrected chi connectivity index (χ0v) is 10.4. The molecule has 4 heteroatoms. The molecule has 2 aromatic rings. The second kappa shape index (κ2) is 4.00. The van der Waals surface area contributed by atoms with Crippen molar-refractivity contribution in [2.75, 3.05) is 7.11 Å². The summed E-state index contributed by atoms with van der Waals surface area (Å²) in [6.07, 6.45) is 0. The summed E-state index contributed by atoms with van der Waals surface area (Å²) < 4.78 is 5.20. The Kier molecular flexibility index (Phi) is 2.82. The Morgan fingerprint density at radius 2 is 2.12 bits per heavy atom. The van der Waals surface area contributed by atoms with Crippen molar-refractivity contribution in [3.8, 4) is 5.75 Å². The van der Waals surface area contributed by atoms with Gasteiger partial charge in [0.15, 0.2) is 0 Å². The fraction of sp³-hybridized carbons (Fsp3) is 0.333. The van der Waals surface area contributed by atoms with Crippen LogP contribution in [0.3, 0.4) is 0 Å². The molecule has 0 amide bonds. The van der Waals surface area contributed by atoms with Crippen LogP contribution < -0.4 is 10.5 Å². The van der Waals surface area contributed by atoms with E-state index in [-0.39, 0.29) is 6.04 Å². The minimum atomic E-state index is -0.0165. The van der Waals surface area contributed by atoms with Crippen molar-refractivity contribution in [3.63, 3.8) is 0 Å². The molecule has 16 heavy (non-hydrogen) atoms. The first-order valence-corrected chi connectivity index (χ1v) is 5.53. The van der Waals surface area contributed by atoms with Gasteiger partial charge in [-0.1, -0.05) is 11.6 Å². The van der Waals surface area contributed by atoms with Crippen LogP contribution in [0.4, 0.5) is 0 Å². The Morgan fingerprint density at radius 1 is 1.44 bits per heavy atom. The summed E-state index contributed by atoms with van der Waals surface area (Å²) in [5.74, 6) is 0.687. The molecule has 1 heterocycles. The molecule has 0 saturated carbocycles. The van der Waals surface area contributed by atoms with Crippen LogP contribution in [0.15, 0.2) is 12.1 Å². The molecule has 0 bridgehead atoms. The first-order valence-electron chi connectivity index (χ1n) is 5.16. The van der Waals surface area contributed by atoms with Crippen molar-refractivity contribution < 1.29 is 4.74 Å². The maximum absolute atomic E-state index is 6.07. The molecule has 1 atom stereocenters. The van der Waals surface area contributed by atoms with Crippen molar-refractivity contribution in [2.45, 2.75) is 19.9 Å². The number of fused-ring (bicyclic) bond motifs is 1. The quantitative estimate of drug-likeness (QED) is 0.845. The lowest BCUT2D eigenvalue weighted by Gasteiger charge is -2.03. The van der Waals surface area contributed by atoms with Crippen molar-refractivity contribution in [1.29, 1.82) is 0 Å². The second-order valence-corrected chi connectivity index (χ2v) is 4.39. The number of nitrogens with two attached hydrogens (primary N) is 1. The summed E-state index contributed by atoms with van der Waals surface area (Å²) in [5.41, 5.74) is 9.08. The van der Waals surface area contributed by atoms with Crippen LogP contribution in [-0.2, 0) is 0 Å². The third-order valence-electron chi connectivity index (χ3n) is 2.82. The number of methoxy groups -OCH3 is 1. The molecule has 1 unspecified atom stereocenters. The molecule has 0 spiro atoms. The minimum Gasteiger partial charge on any atom is -0.495 e. The average Bonchev–Trinajstić information content (AvgIpc) is 2.54. The van der Waals surface area contributed by atoms with Gasteiger partial charge in [0.25, 0.3) is 0 Å². The fourth-order valence-electron chi connectivity index (χ4n) is 1.96. The Hall–Kier alpha value is -1.19. The largest absolute Gasteiger partial charge is 0.495 e. The molecule has 3 nitrogen and oxygen atoms in total. The molecule has 0 aliphatic rings. The van der Waals surface area contributed by atoms with Crippen molar-refractivity contribution in [1.82, 2.24) is 4.98 Å². The highest BCUT2D eigenvalue weighted by atomic mass is 35.5. The third kappa shape index (κ3) is 1.66. The zero-order valence-electron chi connectivity index (χ0n) is 9.60. The molecule has 2 rings (SSSR count). The van der Waals surface area contributed by atoms with Crippen LogP contribution in [0.1, 0.15) is 24.2 Å². The standard InChI is InChI=1S/C12H15ClN2O/c1-6-8-4-11(16-3)9(13)5-10(8)15-12(6)7(2)14/h4-5,7,15H,14H2,1-3H3. The van der Waals surface area contributed by atoms with Crippen molar-refractivity contribution in [2.24, 2.45) is 5.73 Å². The molecule has 0 saturated heterocycles. The van der Waals surface area contributed by atoms with E-state index in [0.29, 0.717) is 10.8 Å². The number of ether oxygens (including phenoxy) is 1. The van der Waals surface area contributed by atoms with E-state index < -0.39 is 0 Å². The molecule has 0 aliphatic carbocycles. The normalized spacial score (nSPS) is 13.1. The Labute approximate surface area is 99.5 Å². The summed E-state index contributed by atoms with van der Waals surface area (Å²) >= 11 is 6.07. The monoisotopic (exact) mass is 238 g/mol. The van der Waals surface area contributed by atoms with E-state index in [2.05, 4.69) is 4.98 Å². The number of rotatable bonds is 2. The number of hydrogen-bond donors (Lipinski definition) is 2. The molecular formula is C12H15ClN2O. The van der Waals surface area contributed by atoms with Crippen LogP contribution in [0.25, 0.3) is 10.9 Å². The van der Waals surface area contributed by atoms with Crippen molar-refractivity contribution >= 4 is 22.5 Å². The molecular weight excluding hydrogens is 224 g/mol. The van der Waals surface area contributed by atoms with Gasteiger partial charge in [-0.05, 0) is 31.5 Å². The van der Waals surface area contributed by atoms with E-state index in [1.54, 1.807) is 7.11 Å². The van der Waals surface area contributed by atoms with E-state index in [9.17, 15) is 0 Å². The predicted molar refractivity (Wildman–Crippen MR) is 67.2 cm³/mol. The number of hydrogen-bond acceptors (Lipinski definition) is 2. The van der Waals surface area contributed by atoms with Gasteiger partial charge < -0.3 is 15.5 Å². The number of nitrogens with one attached hydrogen (secondary N) is 1. The number of halogens is 1. The van der Waals surface area contributed by atoms with E-state index in [1.165, 1.54) is 0 Å². The molecule has 0 aliphatic heterocycles. The first kappa shape index (κ1) is 11.3. The van der Waals surface area contributed by atoms with Gasteiger partial charge in [-0.25, -0.2) is 0 Å². The molecule has 1 aromatic heterocycles. The smallest absolute Gasteiger partial charge is 0.138 e. The zero-order chi connectivity index (χ0) is 11.9. The van der Waals surface area contributed by atoms with Crippen LogP contribution in [0, 0.1) is 6.92 Å². The van der Waals surface area contributed by atoms with Crippen LogP contribution in [-0.4, -0.2) is 12.1 Å². The van der Waals surface area contributed by atoms with Gasteiger partial charge in [0.2, 0.25) is 0 Å². The lowest BCUT2D eigenvalue weighted by molar-refractivity contribution is 0.415. The lowest BCUT2D eigenvalue weighted by Crippen LogP contribution is -2.06.